The fraction of sp³-hybridized carbons (Fsp3) is 0.545. The summed E-state index contributed by atoms with van der Waals surface area (Å²) >= 11 is 0. The number of hydrogen-bond donors (Lipinski definition) is 2. The van der Waals surface area contributed by atoms with E-state index in [1.54, 1.807) is 4.90 Å². The van der Waals surface area contributed by atoms with Crippen molar-refractivity contribution in [3.8, 4) is 0 Å². The molecule has 0 aliphatic heterocycles. The molecule has 0 atom stereocenters. The van der Waals surface area contributed by atoms with Crippen LogP contribution < -0.4 is 5.73 Å². The van der Waals surface area contributed by atoms with Gasteiger partial charge in [-0.1, -0.05) is 13.3 Å². The summed E-state index contributed by atoms with van der Waals surface area (Å²) in [5.74, 6) is -0.0254. The van der Waals surface area contributed by atoms with E-state index in [1.165, 1.54) is 12.4 Å². The van der Waals surface area contributed by atoms with Gasteiger partial charge in [-0.3, -0.25) is 9.78 Å². The van der Waals surface area contributed by atoms with Gasteiger partial charge in [0.15, 0.2) is 0 Å². The molecule has 0 aliphatic rings. The van der Waals surface area contributed by atoms with Gasteiger partial charge in [0.25, 0.3) is 5.91 Å². The maximum absolute atomic E-state index is 12.0. The van der Waals surface area contributed by atoms with Crippen molar-refractivity contribution in [2.75, 3.05) is 25.4 Å². The van der Waals surface area contributed by atoms with E-state index in [4.69, 9.17) is 10.8 Å². The minimum Gasteiger partial charge on any atom is -0.395 e. The summed E-state index contributed by atoms with van der Waals surface area (Å²) in [6, 6.07) is 0. The van der Waals surface area contributed by atoms with E-state index in [1.807, 2.05) is 6.92 Å². The van der Waals surface area contributed by atoms with E-state index in [2.05, 4.69) is 9.97 Å². The minimum absolute atomic E-state index is 0.0643. The number of hydrogen-bond acceptors (Lipinski definition) is 5. The van der Waals surface area contributed by atoms with Crippen molar-refractivity contribution < 1.29 is 9.90 Å². The van der Waals surface area contributed by atoms with Crippen LogP contribution >= 0.6 is 0 Å². The lowest BCUT2D eigenvalue weighted by atomic mass is 10.3. The van der Waals surface area contributed by atoms with Crippen LogP contribution in [0.5, 0.6) is 0 Å². The molecule has 0 radical (unpaired) electrons. The zero-order valence-corrected chi connectivity index (χ0v) is 9.96. The van der Waals surface area contributed by atoms with Crippen molar-refractivity contribution in [1.29, 1.82) is 0 Å². The fourth-order valence-electron chi connectivity index (χ4n) is 1.43. The smallest absolute Gasteiger partial charge is 0.274 e. The molecule has 1 amide bonds. The molecule has 0 aliphatic carbocycles. The molecule has 3 N–H and O–H groups in total. The van der Waals surface area contributed by atoms with E-state index < -0.39 is 0 Å². The van der Waals surface area contributed by atoms with Crippen molar-refractivity contribution in [2.24, 2.45) is 0 Å². The number of anilines is 1. The van der Waals surface area contributed by atoms with Crippen molar-refractivity contribution in [3.05, 3.63) is 18.1 Å². The Bertz CT molecular complexity index is 370. The van der Waals surface area contributed by atoms with E-state index in [0.717, 1.165) is 12.8 Å². The van der Waals surface area contributed by atoms with Gasteiger partial charge < -0.3 is 15.7 Å². The maximum Gasteiger partial charge on any atom is 0.274 e. The highest BCUT2D eigenvalue weighted by molar-refractivity contribution is 5.92. The highest BCUT2D eigenvalue weighted by Crippen LogP contribution is 2.04. The van der Waals surface area contributed by atoms with Crippen LogP contribution in [-0.4, -0.2) is 45.6 Å². The number of nitrogen functional groups attached to an aromatic ring is 1. The second kappa shape index (κ2) is 6.80. The van der Waals surface area contributed by atoms with Crippen molar-refractivity contribution >= 4 is 11.7 Å². The van der Waals surface area contributed by atoms with Crippen LogP contribution in [0.3, 0.4) is 0 Å². The number of nitrogens with zero attached hydrogens (tertiary/aromatic N) is 3. The Morgan fingerprint density at radius 3 is 2.82 bits per heavy atom. The largest absolute Gasteiger partial charge is 0.395 e. The predicted octanol–water partition coefficient (Wildman–Crippen LogP) is 0.293. The van der Waals surface area contributed by atoms with Gasteiger partial charge in [-0.15, -0.1) is 0 Å². The van der Waals surface area contributed by atoms with Crippen LogP contribution in [0.1, 0.15) is 30.3 Å². The number of aliphatic hydroxyl groups excluding tert-OH is 1. The predicted molar refractivity (Wildman–Crippen MR) is 64.3 cm³/mol. The van der Waals surface area contributed by atoms with Crippen LogP contribution in [0.4, 0.5) is 5.82 Å². The molecule has 0 saturated carbocycles. The van der Waals surface area contributed by atoms with Gasteiger partial charge in [-0.2, -0.15) is 0 Å². The van der Waals surface area contributed by atoms with Crippen molar-refractivity contribution in [3.63, 3.8) is 0 Å². The first-order valence-corrected chi connectivity index (χ1v) is 5.66. The lowest BCUT2D eigenvalue weighted by Gasteiger charge is -2.20. The van der Waals surface area contributed by atoms with E-state index in [9.17, 15) is 4.79 Å². The van der Waals surface area contributed by atoms with Gasteiger partial charge in [0.05, 0.1) is 19.0 Å². The average Bonchev–Trinajstić information content (AvgIpc) is 2.33. The van der Waals surface area contributed by atoms with E-state index in [-0.39, 0.29) is 24.0 Å². The third-order valence-electron chi connectivity index (χ3n) is 2.31. The van der Waals surface area contributed by atoms with Crippen LogP contribution in [0, 0.1) is 0 Å². The summed E-state index contributed by atoms with van der Waals surface area (Å²) in [7, 11) is 0. The lowest BCUT2D eigenvalue weighted by Crippen LogP contribution is -2.35. The van der Waals surface area contributed by atoms with Crippen LogP contribution in [0.15, 0.2) is 12.4 Å². The molecule has 1 rings (SSSR count). The zero-order valence-electron chi connectivity index (χ0n) is 9.96. The Kier molecular flexibility index (Phi) is 5.35. The molecule has 94 valence electrons. The van der Waals surface area contributed by atoms with Gasteiger partial charge in [-0.05, 0) is 6.42 Å². The van der Waals surface area contributed by atoms with Crippen molar-refractivity contribution in [2.45, 2.75) is 19.8 Å². The van der Waals surface area contributed by atoms with Crippen molar-refractivity contribution in [1.82, 2.24) is 14.9 Å². The summed E-state index contributed by atoms with van der Waals surface area (Å²) < 4.78 is 0. The standard InChI is InChI=1S/C11H18N4O2/c1-2-3-4-15(5-6-16)11(17)9-7-13-8-10(12)14-9/h7-8,16H,2-6H2,1H3,(H2,12,14). The molecule has 0 spiro atoms. The Labute approximate surface area is 100 Å². The first-order valence-electron chi connectivity index (χ1n) is 5.66. The minimum atomic E-state index is -0.243. The van der Waals surface area contributed by atoms with E-state index >= 15 is 0 Å². The number of carbonyl (C=O) groups is 1. The molecule has 1 heterocycles. The van der Waals surface area contributed by atoms with Gasteiger partial charge in [0.2, 0.25) is 0 Å². The summed E-state index contributed by atoms with van der Waals surface area (Å²) in [6.07, 6.45) is 4.65. The van der Waals surface area contributed by atoms with Crippen LogP contribution in [0.25, 0.3) is 0 Å². The summed E-state index contributed by atoms with van der Waals surface area (Å²) in [5.41, 5.74) is 5.69. The van der Waals surface area contributed by atoms with Gasteiger partial charge in [0, 0.05) is 13.1 Å². The molecule has 1 aromatic heterocycles. The average molecular weight is 238 g/mol. The number of aliphatic hydroxyl groups is 1. The maximum atomic E-state index is 12.0. The quantitative estimate of drug-likeness (QED) is 0.743. The highest BCUT2D eigenvalue weighted by Gasteiger charge is 2.16. The number of aromatic nitrogens is 2. The number of carbonyl (C=O) groups excluding carboxylic acids is 1. The van der Waals surface area contributed by atoms with Gasteiger partial charge >= 0.3 is 0 Å². The fourth-order valence-corrected chi connectivity index (χ4v) is 1.43. The van der Waals surface area contributed by atoms with Crippen LogP contribution in [-0.2, 0) is 0 Å². The molecule has 0 aromatic carbocycles. The number of amides is 1. The second-order valence-electron chi connectivity index (χ2n) is 3.70. The third kappa shape index (κ3) is 3.99. The first-order chi connectivity index (χ1) is 8.19. The molecule has 0 unspecified atom stereocenters. The molecular weight excluding hydrogens is 220 g/mol. The van der Waals surface area contributed by atoms with E-state index in [0.29, 0.717) is 13.1 Å². The first kappa shape index (κ1) is 13.4. The highest BCUT2D eigenvalue weighted by atomic mass is 16.3. The molecule has 0 saturated heterocycles. The lowest BCUT2D eigenvalue weighted by molar-refractivity contribution is 0.0713. The molecule has 6 heteroatoms. The SMILES string of the molecule is CCCCN(CCO)C(=O)c1cncc(N)n1. The Hall–Kier alpha value is -1.69. The van der Waals surface area contributed by atoms with Crippen LogP contribution in [0.2, 0.25) is 0 Å². The van der Waals surface area contributed by atoms with Gasteiger partial charge in [-0.25, -0.2) is 4.98 Å². The number of unbranched alkanes of at least 4 members (excludes halogenated alkanes) is 1. The second-order valence-corrected chi connectivity index (χ2v) is 3.70. The van der Waals surface area contributed by atoms with Gasteiger partial charge in [0.1, 0.15) is 11.5 Å². The topological polar surface area (TPSA) is 92.3 Å². The Balaban J connectivity index is 2.76. The normalized spacial score (nSPS) is 10.2. The number of nitrogens with two attached hydrogens (primary N) is 1. The summed E-state index contributed by atoms with van der Waals surface area (Å²) in [6.45, 7) is 2.88. The zero-order chi connectivity index (χ0) is 12.7. The Morgan fingerprint density at radius 2 is 2.24 bits per heavy atom. The molecule has 0 fully saturated rings. The molecule has 17 heavy (non-hydrogen) atoms. The monoisotopic (exact) mass is 238 g/mol. The molecular formula is C11H18N4O2. The third-order valence-corrected chi connectivity index (χ3v) is 2.31. The summed E-state index contributed by atoms with van der Waals surface area (Å²) in [5, 5.41) is 8.93. The molecule has 1 aromatic rings. The Morgan fingerprint density at radius 1 is 1.47 bits per heavy atom. The number of rotatable bonds is 6. The molecule has 0 bridgehead atoms. The summed E-state index contributed by atoms with van der Waals surface area (Å²) in [4.78, 5) is 21.4. The molecule has 6 nitrogen and oxygen atoms in total.